The summed E-state index contributed by atoms with van der Waals surface area (Å²) in [4.78, 5) is 6.49. The monoisotopic (exact) mass is 298 g/mol. The second kappa shape index (κ2) is 6.26. The molecule has 1 atom stereocenters. The van der Waals surface area contributed by atoms with Crippen molar-refractivity contribution in [3.05, 3.63) is 47.7 Å². The first kappa shape index (κ1) is 14.7. The van der Waals surface area contributed by atoms with Crippen molar-refractivity contribution in [2.75, 3.05) is 32.7 Å². The Morgan fingerprint density at radius 2 is 2.14 bits per heavy atom. The second-order valence-corrected chi connectivity index (χ2v) is 5.98. The maximum absolute atomic E-state index is 5.90. The van der Waals surface area contributed by atoms with Crippen LogP contribution >= 0.6 is 0 Å². The Balaban J connectivity index is 1.67. The minimum Gasteiger partial charge on any atom is -0.497 e. The SMILES string of the molecule is COc1ccc2c(c1)OCC(Cc1ccc(N(C)C)nc1)C2. The van der Waals surface area contributed by atoms with Crippen molar-refractivity contribution in [2.24, 2.45) is 5.92 Å². The van der Waals surface area contributed by atoms with Crippen LogP contribution < -0.4 is 14.4 Å². The summed E-state index contributed by atoms with van der Waals surface area (Å²) < 4.78 is 11.1. The Bertz CT molecular complexity index is 638. The van der Waals surface area contributed by atoms with Gasteiger partial charge in [0.15, 0.2) is 0 Å². The van der Waals surface area contributed by atoms with Gasteiger partial charge in [-0.3, -0.25) is 0 Å². The van der Waals surface area contributed by atoms with Crippen molar-refractivity contribution < 1.29 is 9.47 Å². The van der Waals surface area contributed by atoms with Gasteiger partial charge in [0.2, 0.25) is 0 Å². The zero-order valence-corrected chi connectivity index (χ0v) is 13.4. The first-order chi connectivity index (χ1) is 10.7. The maximum atomic E-state index is 5.90. The lowest BCUT2D eigenvalue weighted by Crippen LogP contribution is -2.23. The summed E-state index contributed by atoms with van der Waals surface area (Å²) >= 11 is 0. The van der Waals surface area contributed by atoms with Crippen molar-refractivity contribution in [2.45, 2.75) is 12.8 Å². The van der Waals surface area contributed by atoms with E-state index in [1.54, 1.807) is 7.11 Å². The standard InChI is InChI=1S/C18H22N2O2/c1-20(2)18-7-4-13(11-19-18)8-14-9-15-5-6-16(21-3)10-17(15)22-12-14/h4-7,10-11,14H,8-9,12H2,1-3H3. The third-order valence-electron chi connectivity index (χ3n) is 4.05. The highest BCUT2D eigenvalue weighted by Crippen LogP contribution is 2.32. The molecule has 0 spiro atoms. The smallest absolute Gasteiger partial charge is 0.127 e. The normalized spacial score (nSPS) is 16.6. The highest BCUT2D eigenvalue weighted by atomic mass is 16.5. The Hall–Kier alpha value is -2.23. The van der Waals surface area contributed by atoms with E-state index in [-0.39, 0.29) is 0 Å². The summed E-state index contributed by atoms with van der Waals surface area (Å²) in [6.45, 7) is 0.746. The van der Waals surface area contributed by atoms with Crippen molar-refractivity contribution in [3.8, 4) is 11.5 Å². The van der Waals surface area contributed by atoms with Crippen LogP contribution in [0.2, 0.25) is 0 Å². The average molecular weight is 298 g/mol. The summed E-state index contributed by atoms with van der Waals surface area (Å²) in [7, 11) is 5.68. The van der Waals surface area contributed by atoms with Gasteiger partial charge < -0.3 is 14.4 Å². The summed E-state index contributed by atoms with van der Waals surface area (Å²) in [5.74, 6) is 3.28. The van der Waals surface area contributed by atoms with Crippen LogP contribution in [0.15, 0.2) is 36.5 Å². The molecule has 0 bridgehead atoms. The molecule has 0 radical (unpaired) electrons. The number of ether oxygens (including phenoxy) is 2. The van der Waals surface area contributed by atoms with Crippen LogP contribution in [-0.4, -0.2) is 32.8 Å². The van der Waals surface area contributed by atoms with E-state index in [1.807, 2.05) is 37.3 Å². The summed E-state index contributed by atoms with van der Waals surface area (Å²) in [6.07, 6.45) is 4.00. The predicted octanol–water partition coefficient (Wildman–Crippen LogP) is 2.95. The van der Waals surface area contributed by atoms with Crippen LogP contribution in [0.25, 0.3) is 0 Å². The number of nitrogens with zero attached hydrogens (tertiary/aromatic N) is 2. The van der Waals surface area contributed by atoms with Gasteiger partial charge in [0.25, 0.3) is 0 Å². The van der Waals surface area contributed by atoms with Gasteiger partial charge in [-0.25, -0.2) is 4.98 Å². The maximum Gasteiger partial charge on any atom is 0.127 e. The molecule has 3 rings (SSSR count). The van der Waals surface area contributed by atoms with E-state index in [2.05, 4.69) is 23.2 Å². The van der Waals surface area contributed by atoms with Crippen LogP contribution in [0.1, 0.15) is 11.1 Å². The van der Waals surface area contributed by atoms with Gasteiger partial charge in [-0.1, -0.05) is 12.1 Å². The Morgan fingerprint density at radius 3 is 2.82 bits per heavy atom. The Morgan fingerprint density at radius 1 is 1.27 bits per heavy atom. The summed E-state index contributed by atoms with van der Waals surface area (Å²) in [5.41, 5.74) is 2.52. The lowest BCUT2D eigenvalue weighted by molar-refractivity contribution is 0.220. The molecule has 116 valence electrons. The van der Waals surface area contributed by atoms with Gasteiger partial charge in [-0.2, -0.15) is 0 Å². The fourth-order valence-electron chi connectivity index (χ4n) is 2.81. The summed E-state index contributed by atoms with van der Waals surface area (Å²) in [5, 5.41) is 0. The lowest BCUT2D eigenvalue weighted by atomic mass is 9.91. The number of pyridine rings is 1. The fourth-order valence-corrected chi connectivity index (χ4v) is 2.81. The molecular weight excluding hydrogens is 276 g/mol. The molecule has 22 heavy (non-hydrogen) atoms. The number of hydrogen-bond donors (Lipinski definition) is 0. The molecule has 1 aliphatic rings. The number of aromatic nitrogens is 1. The second-order valence-electron chi connectivity index (χ2n) is 5.98. The third-order valence-corrected chi connectivity index (χ3v) is 4.05. The lowest BCUT2D eigenvalue weighted by Gasteiger charge is -2.25. The topological polar surface area (TPSA) is 34.6 Å². The van der Waals surface area contributed by atoms with Crippen LogP contribution in [0.3, 0.4) is 0 Å². The molecule has 4 nitrogen and oxygen atoms in total. The van der Waals surface area contributed by atoms with Crippen LogP contribution in [0, 0.1) is 5.92 Å². The van der Waals surface area contributed by atoms with Gasteiger partial charge in [-0.05, 0) is 36.1 Å². The Labute approximate surface area is 131 Å². The van der Waals surface area contributed by atoms with Crippen LogP contribution in [-0.2, 0) is 12.8 Å². The van der Waals surface area contributed by atoms with Gasteiger partial charge in [-0.15, -0.1) is 0 Å². The van der Waals surface area contributed by atoms with Crippen molar-refractivity contribution >= 4 is 5.82 Å². The summed E-state index contributed by atoms with van der Waals surface area (Å²) in [6, 6.07) is 10.3. The molecule has 0 N–H and O–H groups in total. The van der Waals surface area contributed by atoms with Gasteiger partial charge in [0.1, 0.15) is 17.3 Å². The number of hydrogen-bond acceptors (Lipinski definition) is 4. The van der Waals surface area contributed by atoms with Gasteiger partial charge in [0.05, 0.1) is 13.7 Å². The number of anilines is 1. The molecule has 1 aliphatic heterocycles. The predicted molar refractivity (Wildman–Crippen MR) is 88.0 cm³/mol. The minimum atomic E-state index is 0.493. The first-order valence-corrected chi connectivity index (χ1v) is 7.57. The largest absolute Gasteiger partial charge is 0.497 e. The quantitative estimate of drug-likeness (QED) is 0.869. The molecule has 0 aliphatic carbocycles. The number of benzene rings is 1. The van der Waals surface area contributed by atoms with E-state index in [1.165, 1.54) is 11.1 Å². The fraction of sp³-hybridized carbons (Fsp3) is 0.389. The van der Waals surface area contributed by atoms with Gasteiger partial charge >= 0.3 is 0 Å². The molecule has 1 aromatic carbocycles. The van der Waals surface area contributed by atoms with Crippen LogP contribution in [0.5, 0.6) is 11.5 Å². The zero-order chi connectivity index (χ0) is 15.5. The van der Waals surface area contributed by atoms with Crippen molar-refractivity contribution in [1.29, 1.82) is 0 Å². The zero-order valence-electron chi connectivity index (χ0n) is 13.4. The molecular formula is C18H22N2O2. The number of rotatable bonds is 4. The van der Waals surface area contributed by atoms with E-state index >= 15 is 0 Å². The molecule has 0 saturated heterocycles. The van der Waals surface area contributed by atoms with E-state index in [0.29, 0.717) is 5.92 Å². The third kappa shape index (κ3) is 3.16. The molecule has 0 saturated carbocycles. The molecule has 0 fully saturated rings. The van der Waals surface area contributed by atoms with Crippen LogP contribution in [0.4, 0.5) is 5.82 Å². The highest BCUT2D eigenvalue weighted by molar-refractivity contribution is 5.42. The van der Waals surface area contributed by atoms with Gasteiger partial charge in [0, 0.05) is 32.3 Å². The highest BCUT2D eigenvalue weighted by Gasteiger charge is 2.20. The first-order valence-electron chi connectivity index (χ1n) is 7.57. The van der Waals surface area contributed by atoms with Crippen molar-refractivity contribution in [1.82, 2.24) is 4.98 Å². The molecule has 2 aromatic rings. The molecule has 4 heteroatoms. The van der Waals surface area contributed by atoms with E-state index in [4.69, 9.17) is 9.47 Å². The molecule has 2 heterocycles. The van der Waals surface area contributed by atoms with E-state index < -0.39 is 0 Å². The number of methoxy groups -OCH3 is 1. The Kier molecular flexibility index (Phi) is 4.18. The van der Waals surface area contributed by atoms with E-state index in [0.717, 1.165) is 36.8 Å². The minimum absolute atomic E-state index is 0.493. The van der Waals surface area contributed by atoms with E-state index in [9.17, 15) is 0 Å². The molecule has 1 aromatic heterocycles. The molecule has 0 amide bonds. The molecule has 1 unspecified atom stereocenters. The average Bonchev–Trinajstić information content (AvgIpc) is 2.55. The number of fused-ring (bicyclic) bond motifs is 1. The van der Waals surface area contributed by atoms with Crippen molar-refractivity contribution in [3.63, 3.8) is 0 Å².